The van der Waals surface area contributed by atoms with Crippen LogP contribution in [0.15, 0.2) is 71.9 Å². The second kappa shape index (κ2) is 8.08. The van der Waals surface area contributed by atoms with Gasteiger partial charge in [-0.15, -0.1) is 0 Å². The van der Waals surface area contributed by atoms with E-state index in [-0.39, 0.29) is 12.1 Å². The maximum Gasteiger partial charge on any atom is 0.260 e. The van der Waals surface area contributed by atoms with E-state index >= 15 is 0 Å². The number of halogens is 1. The minimum atomic E-state index is -1.12. The minimum Gasteiger partial charge on any atom is -0.388 e. The number of nitrogens with one attached hydrogen (secondary N) is 2. The first-order valence-electron chi connectivity index (χ1n) is 9.59. The number of benzene rings is 1. The van der Waals surface area contributed by atoms with Gasteiger partial charge in [0.05, 0.1) is 23.5 Å². The zero-order valence-corrected chi connectivity index (χ0v) is 16.1. The first-order valence-corrected chi connectivity index (χ1v) is 9.59. The summed E-state index contributed by atoms with van der Waals surface area (Å²) in [7, 11) is 0. The molecule has 0 bridgehead atoms. The van der Waals surface area contributed by atoms with Crippen molar-refractivity contribution in [3.05, 3.63) is 94.4 Å². The highest BCUT2D eigenvalue weighted by Gasteiger charge is 2.45. The van der Waals surface area contributed by atoms with Crippen LogP contribution in [0, 0.1) is 5.82 Å². The maximum atomic E-state index is 14.2. The number of rotatable bonds is 4. The summed E-state index contributed by atoms with van der Waals surface area (Å²) in [6, 6.07) is 13.7. The van der Waals surface area contributed by atoms with Gasteiger partial charge in [0.1, 0.15) is 5.56 Å². The molecule has 0 aliphatic carbocycles. The number of carbonyl (C=O) groups is 1. The number of aliphatic hydroxyl groups is 1. The Kier molecular flexibility index (Phi) is 5.33. The van der Waals surface area contributed by atoms with Crippen molar-refractivity contribution in [1.82, 2.24) is 15.3 Å². The van der Waals surface area contributed by atoms with Crippen molar-refractivity contribution in [2.24, 2.45) is 0 Å². The number of β-amino-alcohol motifs (C(OH)–C–C–N with tert-alkyl or cyclic N) is 1. The standard InChI is InChI=1S/C22H21FN4O3/c23-17-13-24-11-8-18(17)27-12-9-22(19(28)14-27,15-5-2-1-3-6-15)26-21(30)16-7-4-10-25-20(16)29/h1-8,10-11,13,19,28H,9,12,14H2,(H,25,29)(H,26,30)/t19-,22-/m1/s1. The minimum absolute atomic E-state index is 0.0392. The van der Waals surface area contributed by atoms with Crippen LogP contribution in [0.25, 0.3) is 0 Å². The number of carbonyl (C=O) groups excluding carboxylic acids is 1. The predicted octanol–water partition coefficient (Wildman–Crippen LogP) is 1.81. The Bertz CT molecular complexity index is 1100. The highest BCUT2D eigenvalue weighted by molar-refractivity contribution is 5.94. The number of piperidine rings is 1. The molecule has 7 nitrogen and oxygen atoms in total. The number of amides is 1. The molecule has 8 heteroatoms. The lowest BCUT2D eigenvalue weighted by atomic mass is 9.78. The molecule has 1 aliphatic heterocycles. The maximum absolute atomic E-state index is 14.2. The number of H-pyrrole nitrogens is 1. The number of pyridine rings is 2. The highest BCUT2D eigenvalue weighted by Crippen LogP contribution is 2.35. The Hall–Kier alpha value is -3.52. The Morgan fingerprint density at radius 3 is 2.73 bits per heavy atom. The largest absolute Gasteiger partial charge is 0.388 e. The van der Waals surface area contributed by atoms with Crippen molar-refractivity contribution in [1.29, 1.82) is 0 Å². The van der Waals surface area contributed by atoms with Crippen molar-refractivity contribution < 1.29 is 14.3 Å². The highest BCUT2D eigenvalue weighted by atomic mass is 19.1. The molecule has 2 aromatic heterocycles. The molecule has 1 fully saturated rings. The molecular formula is C22H21FN4O3. The van der Waals surface area contributed by atoms with Crippen LogP contribution in [0.5, 0.6) is 0 Å². The fraction of sp³-hybridized carbons (Fsp3) is 0.227. The molecule has 3 N–H and O–H groups in total. The molecule has 1 aromatic carbocycles. The molecule has 1 saturated heterocycles. The van der Waals surface area contributed by atoms with Crippen molar-refractivity contribution in [3.63, 3.8) is 0 Å². The van der Waals surface area contributed by atoms with Crippen LogP contribution in [0.3, 0.4) is 0 Å². The number of aromatic amines is 1. The zero-order valence-electron chi connectivity index (χ0n) is 16.1. The van der Waals surface area contributed by atoms with E-state index in [0.717, 1.165) is 6.20 Å². The molecule has 4 rings (SSSR count). The number of hydrogen-bond acceptors (Lipinski definition) is 5. The monoisotopic (exact) mass is 408 g/mol. The second-order valence-electron chi connectivity index (χ2n) is 7.24. The molecule has 3 heterocycles. The average molecular weight is 408 g/mol. The van der Waals surface area contributed by atoms with E-state index in [1.54, 1.807) is 17.0 Å². The topological polar surface area (TPSA) is 98.3 Å². The van der Waals surface area contributed by atoms with Crippen LogP contribution in [-0.2, 0) is 5.54 Å². The zero-order chi connectivity index (χ0) is 21.1. The number of nitrogens with zero attached hydrogens (tertiary/aromatic N) is 2. The average Bonchev–Trinajstić information content (AvgIpc) is 2.76. The molecule has 30 heavy (non-hydrogen) atoms. The number of aromatic nitrogens is 2. The SMILES string of the molecule is O=C(N[C@@]1(c2ccccc2)CCN(c2ccncc2F)C[C@H]1O)c1ccc[nH]c1=O. The van der Waals surface area contributed by atoms with Crippen LogP contribution in [0.2, 0.25) is 0 Å². The Morgan fingerprint density at radius 2 is 2.03 bits per heavy atom. The molecule has 1 aliphatic rings. The molecule has 0 radical (unpaired) electrons. The van der Waals surface area contributed by atoms with E-state index in [2.05, 4.69) is 15.3 Å². The molecular weight excluding hydrogens is 387 g/mol. The Morgan fingerprint density at radius 1 is 1.23 bits per heavy atom. The summed E-state index contributed by atoms with van der Waals surface area (Å²) in [5.41, 5.74) is -0.614. The molecule has 0 unspecified atom stereocenters. The summed E-state index contributed by atoms with van der Waals surface area (Å²) in [6.07, 6.45) is 3.34. The molecule has 0 spiro atoms. The van der Waals surface area contributed by atoms with E-state index in [1.165, 1.54) is 18.5 Å². The van der Waals surface area contributed by atoms with Crippen LogP contribution in [0.1, 0.15) is 22.3 Å². The van der Waals surface area contributed by atoms with Gasteiger partial charge in [0.25, 0.3) is 11.5 Å². The van der Waals surface area contributed by atoms with Gasteiger partial charge in [-0.2, -0.15) is 0 Å². The summed E-state index contributed by atoms with van der Waals surface area (Å²) in [4.78, 5) is 33.0. The summed E-state index contributed by atoms with van der Waals surface area (Å²) < 4.78 is 14.2. The summed E-state index contributed by atoms with van der Waals surface area (Å²) in [6.45, 7) is 0.486. The van der Waals surface area contributed by atoms with Crippen molar-refractivity contribution in [3.8, 4) is 0 Å². The lowest BCUT2D eigenvalue weighted by molar-refractivity contribution is 0.0364. The summed E-state index contributed by atoms with van der Waals surface area (Å²) in [5.74, 6) is -1.06. The fourth-order valence-corrected chi connectivity index (χ4v) is 3.94. The lowest BCUT2D eigenvalue weighted by Gasteiger charge is -2.47. The van der Waals surface area contributed by atoms with Crippen molar-refractivity contribution >= 4 is 11.6 Å². The van der Waals surface area contributed by atoms with Gasteiger partial charge in [0.2, 0.25) is 0 Å². The Labute approximate surface area is 172 Å². The van der Waals surface area contributed by atoms with Gasteiger partial charge in [0, 0.05) is 25.5 Å². The summed E-state index contributed by atoms with van der Waals surface area (Å²) in [5, 5.41) is 14.1. The van der Waals surface area contributed by atoms with Gasteiger partial charge >= 0.3 is 0 Å². The quantitative estimate of drug-likeness (QED) is 0.612. The predicted molar refractivity (Wildman–Crippen MR) is 110 cm³/mol. The van der Waals surface area contributed by atoms with E-state index < -0.39 is 28.9 Å². The first-order chi connectivity index (χ1) is 14.5. The van der Waals surface area contributed by atoms with Gasteiger partial charge in [0.15, 0.2) is 5.82 Å². The fourth-order valence-electron chi connectivity index (χ4n) is 3.94. The van der Waals surface area contributed by atoms with E-state index in [9.17, 15) is 19.1 Å². The Balaban J connectivity index is 1.68. The van der Waals surface area contributed by atoms with Gasteiger partial charge in [-0.3, -0.25) is 14.6 Å². The van der Waals surface area contributed by atoms with Crippen LogP contribution < -0.4 is 15.8 Å². The number of aliphatic hydroxyl groups excluding tert-OH is 1. The second-order valence-corrected chi connectivity index (χ2v) is 7.24. The van der Waals surface area contributed by atoms with E-state index in [0.29, 0.717) is 24.2 Å². The van der Waals surface area contributed by atoms with Crippen molar-refractivity contribution in [2.75, 3.05) is 18.0 Å². The molecule has 3 aromatic rings. The number of hydrogen-bond donors (Lipinski definition) is 3. The molecule has 0 saturated carbocycles. The van der Waals surface area contributed by atoms with Crippen LogP contribution in [-0.4, -0.2) is 40.2 Å². The van der Waals surface area contributed by atoms with Crippen LogP contribution >= 0.6 is 0 Å². The first kappa shape index (κ1) is 19.8. The van der Waals surface area contributed by atoms with Crippen molar-refractivity contribution in [2.45, 2.75) is 18.1 Å². The number of anilines is 1. The van der Waals surface area contributed by atoms with Gasteiger partial charge in [-0.1, -0.05) is 30.3 Å². The molecule has 2 atom stereocenters. The molecule has 1 amide bonds. The molecule has 154 valence electrons. The lowest BCUT2D eigenvalue weighted by Crippen LogP contribution is -2.62. The van der Waals surface area contributed by atoms with Gasteiger partial charge < -0.3 is 20.3 Å². The van der Waals surface area contributed by atoms with Gasteiger partial charge in [-0.05, 0) is 30.2 Å². The third kappa shape index (κ3) is 3.57. The third-order valence-electron chi connectivity index (χ3n) is 5.52. The van der Waals surface area contributed by atoms with Gasteiger partial charge in [-0.25, -0.2) is 4.39 Å². The van der Waals surface area contributed by atoms with Crippen LogP contribution in [0.4, 0.5) is 10.1 Å². The normalized spacial score (nSPS) is 21.3. The van der Waals surface area contributed by atoms with E-state index in [1.807, 2.05) is 30.3 Å². The summed E-state index contributed by atoms with van der Waals surface area (Å²) >= 11 is 0. The smallest absolute Gasteiger partial charge is 0.260 e. The van der Waals surface area contributed by atoms with E-state index in [4.69, 9.17) is 0 Å². The third-order valence-corrected chi connectivity index (χ3v) is 5.52.